The molecule has 1 fully saturated rings. The molecule has 2 heterocycles. The van der Waals surface area contributed by atoms with Gasteiger partial charge in [-0.05, 0) is 6.26 Å². The molecule has 0 unspecified atom stereocenters. The van der Waals surface area contributed by atoms with Gasteiger partial charge in [0.25, 0.3) is 0 Å². The van der Waals surface area contributed by atoms with Gasteiger partial charge in [-0.1, -0.05) is 0 Å². The van der Waals surface area contributed by atoms with Crippen LogP contribution < -0.4 is 0 Å². The number of aliphatic hydroxyl groups excluding tert-OH is 1. The molecule has 1 aromatic rings. The van der Waals surface area contributed by atoms with Crippen LogP contribution in [-0.4, -0.2) is 45.9 Å². The molecule has 0 aromatic carbocycles. The van der Waals surface area contributed by atoms with Crippen molar-refractivity contribution in [2.45, 2.75) is 11.6 Å². The molecule has 0 atom stereocenters. The molecule has 4 nitrogen and oxygen atoms in total. The highest BCUT2D eigenvalue weighted by atomic mass is 32.2. The topological polar surface area (TPSA) is 49.2 Å². The van der Waals surface area contributed by atoms with Gasteiger partial charge in [-0.15, -0.1) is 11.8 Å². The fourth-order valence-electron chi connectivity index (χ4n) is 1.77. The largest absolute Gasteiger partial charge is 0.396 e. The van der Waals surface area contributed by atoms with Gasteiger partial charge in [0.05, 0.1) is 5.69 Å². The third-order valence-corrected chi connectivity index (χ3v) is 3.32. The molecule has 15 heavy (non-hydrogen) atoms. The second kappa shape index (κ2) is 4.92. The van der Waals surface area contributed by atoms with E-state index in [1.54, 1.807) is 24.2 Å². The Morgan fingerprint density at radius 1 is 1.47 bits per heavy atom. The number of likely N-dealkylation sites (tertiary alicyclic amines) is 1. The lowest BCUT2D eigenvalue weighted by Crippen LogP contribution is -2.47. The lowest BCUT2D eigenvalue weighted by Gasteiger charge is -2.38. The molecular formula is C10H15N3OS. The summed E-state index contributed by atoms with van der Waals surface area (Å²) in [5.41, 5.74) is 1.04. The fraction of sp³-hybridized carbons (Fsp3) is 0.600. The standard InChI is InChI=1S/C10H15N3OS/c1-15-10-9(11-2-3-12-10)6-13-4-8(5-13)7-14/h2-3,8,14H,4-7H2,1H3. The molecule has 0 amide bonds. The van der Waals surface area contributed by atoms with Crippen molar-refractivity contribution in [3.8, 4) is 0 Å². The molecule has 0 aliphatic carbocycles. The third kappa shape index (κ3) is 2.48. The van der Waals surface area contributed by atoms with E-state index in [0.717, 1.165) is 30.4 Å². The second-order valence-corrected chi connectivity index (χ2v) is 4.55. The first kappa shape index (κ1) is 10.9. The van der Waals surface area contributed by atoms with Crippen LogP contribution >= 0.6 is 11.8 Å². The second-order valence-electron chi connectivity index (χ2n) is 3.75. The summed E-state index contributed by atoms with van der Waals surface area (Å²) in [6.07, 6.45) is 5.47. The van der Waals surface area contributed by atoms with E-state index in [4.69, 9.17) is 5.11 Å². The Labute approximate surface area is 93.7 Å². The Balaban J connectivity index is 1.94. The van der Waals surface area contributed by atoms with Crippen LogP contribution in [0, 0.1) is 5.92 Å². The summed E-state index contributed by atoms with van der Waals surface area (Å²) in [6.45, 7) is 3.09. The molecule has 1 aromatic heterocycles. The molecular weight excluding hydrogens is 210 g/mol. The van der Waals surface area contributed by atoms with Crippen LogP contribution in [0.4, 0.5) is 0 Å². The molecule has 0 saturated carbocycles. The van der Waals surface area contributed by atoms with E-state index in [2.05, 4.69) is 14.9 Å². The van der Waals surface area contributed by atoms with Gasteiger partial charge in [-0.25, -0.2) is 4.98 Å². The zero-order chi connectivity index (χ0) is 10.7. The van der Waals surface area contributed by atoms with Crippen LogP contribution in [0.2, 0.25) is 0 Å². The number of aliphatic hydroxyl groups is 1. The summed E-state index contributed by atoms with van der Waals surface area (Å²) in [4.78, 5) is 10.9. The van der Waals surface area contributed by atoms with Crippen molar-refractivity contribution in [3.63, 3.8) is 0 Å². The van der Waals surface area contributed by atoms with Crippen LogP contribution in [-0.2, 0) is 6.54 Å². The molecule has 0 spiro atoms. The number of nitrogens with zero attached hydrogens (tertiary/aromatic N) is 3. The SMILES string of the molecule is CSc1nccnc1CN1CC(CO)C1. The Bertz CT molecular complexity index is 328. The predicted octanol–water partition coefficient (Wildman–Crippen LogP) is 0.623. The third-order valence-electron chi connectivity index (χ3n) is 2.59. The van der Waals surface area contributed by atoms with E-state index in [1.165, 1.54) is 0 Å². The molecule has 5 heteroatoms. The normalized spacial score (nSPS) is 17.7. The minimum absolute atomic E-state index is 0.298. The first-order valence-corrected chi connectivity index (χ1v) is 6.23. The van der Waals surface area contributed by atoms with Crippen LogP contribution in [0.3, 0.4) is 0 Å². The van der Waals surface area contributed by atoms with Gasteiger partial charge in [0.1, 0.15) is 5.03 Å². The molecule has 82 valence electrons. The Hall–Kier alpha value is -0.650. The van der Waals surface area contributed by atoms with Crippen LogP contribution in [0.25, 0.3) is 0 Å². The average Bonchev–Trinajstić information content (AvgIpc) is 2.23. The number of aromatic nitrogens is 2. The number of rotatable bonds is 4. The van der Waals surface area contributed by atoms with Crippen molar-refractivity contribution in [2.24, 2.45) is 5.92 Å². The number of hydrogen-bond acceptors (Lipinski definition) is 5. The summed E-state index contributed by atoms with van der Waals surface area (Å²) in [5, 5.41) is 9.92. The highest BCUT2D eigenvalue weighted by Crippen LogP contribution is 2.21. The highest BCUT2D eigenvalue weighted by Gasteiger charge is 2.26. The summed E-state index contributed by atoms with van der Waals surface area (Å²) >= 11 is 1.63. The molecule has 1 N–H and O–H groups in total. The van der Waals surface area contributed by atoms with E-state index in [0.29, 0.717) is 12.5 Å². The molecule has 0 radical (unpaired) electrons. The summed E-state index contributed by atoms with van der Waals surface area (Å²) < 4.78 is 0. The Kier molecular flexibility index (Phi) is 3.56. The lowest BCUT2D eigenvalue weighted by atomic mass is 10.0. The van der Waals surface area contributed by atoms with Crippen molar-refractivity contribution in [2.75, 3.05) is 26.0 Å². The van der Waals surface area contributed by atoms with Gasteiger partial charge in [-0.2, -0.15) is 0 Å². The first-order chi connectivity index (χ1) is 7.33. The maximum absolute atomic E-state index is 8.91. The van der Waals surface area contributed by atoms with Gasteiger partial charge in [0, 0.05) is 44.6 Å². The number of thioether (sulfide) groups is 1. The zero-order valence-corrected chi connectivity index (χ0v) is 9.57. The van der Waals surface area contributed by atoms with Crippen molar-refractivity contribution < 1.29 is 5.11 Å². The fourth-order valence-corrected chi connectivity index (χ4v) is 2.29. The molecule has 1 aliphatic heterocycles. The van der Waals surface area contributed by atoms with Gasteiger partial charge in [0.2, 0.25) is 0 Å². The van der Waals surface area contributed by atoms with Crippen molar-refractivity contribution >= 4 is 11.8 Å². The van der Waals surface area contributed by atoms with Crippen molar-refractivity contribution in [1.29, 1.82) is 0 Å². The summed E-state index contributed by atoms with van der Waals surface area (Å²) in [5.74, 6) is 0.458. The molecule has 0 bridgehead atoms. The maximum Gasteiger partial charge on any atom is 0.119 e. The van der Waals surface area contributed by atoms with Gasteiger partial charge in [-0.3, -0.25) is 9.88 Å². The maximum atomic E-state index is 8.91. The minimum atomic E-state index is 0.298. The molecule has 1 aliphatic rings. The van der Waals surface area contributed by atoms with Crippen LogP contribution in [0.1, 0.15) is 5.69 Å². The minimum Gasteiger partial charge on any atom is -0.396 e. The summed E-state index contributed by atoms with van der Waals surface area (Å²) in [7, 11) is 0. The number of hydrogen-bond donors (Lipinski definition) is 1. The Morgan fingerprint density at radius 2 is 2.20 bits per heavy atom. The quantitative estimate of drug-likeness (QED) is 0.761. The zero-order valence-electron chi connectivity index (χ0n) is 8.76. The van der Waals surface area contributed by atoms with E-state index in [1.807, 2.05) is 6.26 Å². The highest BCUT2D eigenvalue weighted by molar-refractivity contribution is 7.98. The van der Waals surface area contributed by atoms with E-state index < -0.39 is 0 Å². The summed E-state index contributed by atoms with van der Waals surface area (Å²) in [6, 6.07) is 0. The van der Waals surface area contributed by atoms with E-state index in [-0.39, 0.29) is 0 Å². The van der Waals surface area contributed by atoms with Crippen molar-refractivity contribution in [1.82, 2.24) is 14.9 Å². The van der Waals surface area contributed by atoms with E-state index in [9.17, 15) is 0 Å². The van der Waals surface area contributed by atoms with Crippen LogP contribution in [0.15, 0.2) is 17.4 Å². The molecule has 2 rings (SSSR count). The molecule has 1 saturated heterocycles. The first-order valence-electron chi connectivity index (χ1n) is 5.00. The predicted molar refractivity (Wildman–Crippen MR) is 59.7 cm³/mol. The monoisotopic (exact) mass is 225 g/mol. The smallest absolute Gasteiger partial charge is 0.119 e. The van der Waals surface area contributed by atoms with Gasteiger partial charge >= 0.3 is 0 Å². The Morgan fingerprint density at radius 3 is 2.87 bits per heavy atom. The average molecular weight is 225 g/mol. The van der Waals surface area contributed by atoms with Gasteiger partial charge < -0.3 is 5.11 Å². The van der Waals surface area contributed by atoms with Gasteiger partial charge in [0.15, 0.2) is 0 Å². The van der Waals surface area contributed by atoms with Crippen molar-refractivity contribution in [3.05, 3.63) is 18.1 Å². The van der Waals surface area contributed by atoms with E-state index >= 15 is 0 Å². The van der Waals surface area contributed by atoms with Crippen LogP contribution in [0.5, 0.6) is 0 Å². The lowest BCUT2D eigenvalue weighted by molar-refractivity contribution is 0.0462.